The number of rotatable bonds is 7. The Hall–Kier alpha value is -3.10. The van der Waals surface area contributed by atoms with Gasteiger partial charge in [0, 0.05) is 17.9 Å². The predicted molar refractivity (Wildman–Crippen MR) is 122 cm³/mol. The summed E-state index contributed by atoms with van der Waals surface area (Å²) in [5, 5.41) is 7.33. The van der Waals surface area contributed by atoms with Crippen molar-refractivity contribution < 1.29 is 4.39 Å². The number of fused-ring (bicyclic) bond motifs is 1. The van der Waals surface area contributed by atoms with E-state index in [1.165, 1.54) is 29.3 Å². The first-order valence-corrected chi connectivity index (χ1v) is 10.4. The minimum atomic E-state index is -0.231. The molecule has 0 saturated carbocycles. The van der Waals surface area contributed by atoms with E-state index in [-0.39, 0.29) is 5.82 Å². The Balaban J connectivity index is 1.52. The largest absolute Gasteiger partial charge is 0.339 e. The number of hydrogen-bond donors (Lipinski definition) is 2. The van der Waals surface area contributed by atoms with Crippen LogP contribution in [0.5, 0.6) is 0 Å². The molecule has 154 valence electrons. The maximum Gasteiger partial charge on any atom is 0.189 e. The second kappa shape index (κ2) is 8.73. The molecular formula is C22H23FN6S. The van der Waals surface area contributed by atoms with E-state index in [1.807, 2.05) is 0 Å². The van der Waals surface area contributed by atoms with Crippen molar-refractivity contribution in [2.45, 2.75) is 13.3 Å². The van der Waals surface area contributed by atoms with Crippen molar-refractivity contribution in [3.05, 3.63) is 65.7 Å². The summed E-state index contributed by atoms with van der Waals surface area (Å²) in [7, 11) is 4.15. The molecule has 2 N–H and O–H groups in total. The van der Waals surface area contributed by atoms with Crippen molar-refractivity contribution in [3.8, 4) is 0 Å². The van der Waals surface area contributed by atoms with Crippen LogP contribution >= 0.6 is 11.3 Å². The summed E-state index contributed by atoms with van der Waals surface area (Å²) >= 11 is 1.47. The standard InChI is InChI=1S/C22H23FN6S/c1-14-12-17(8-9-18(14)23)26-20-19-21(25-13-24-20)28-22(30-19)27-16-6-4-15(5-7-16)10-11-29(2)3/h4-9,12-13H,10-11H2,1-3H3,(H2,24,25,26,27,28). The second-order valence-electron chi connectivity index (χ2n) is 7.36. The molecule has 0 fully saturated rings. The molecule has 0 aliphatic carbocycles. The lowest BCUT2D eigenvalue weighted by Gasteiger charge is -2.09. The molecule has 0 saturated heterocycles. The number of likely N-dealkylation sites (N-methyl/N-ethyl adjacent to an activating group) is 1. The van der Waals surface area contributed by atoms with Crippen LogP contribution in [-0.2, 0) is 6.42 Å². The van der Waals surface area contributed by atoms with Gasteiger partial charge in [0.2, 0.25) is 0 Å². The first-order chi connectivity index (χ1) is 14.5. The third-order valence-corrected chi connectivity index (χ3v) is 5.63. The van der Waals surface area contributed by atoms with Gasteiger partial charge in [-0.3, -0.25) is 0 Å². The Morgan fingerprint density at radius 1 is 1.00 bits per heavy atom. The molecule has 0 aliphatic heterocycles. The number of thiazole rings is 1. The molecule has 0 bridgehead atoms. The minimum Gasteiger partial charge on any atom is -0.339 e. The van der Waals surface area contributed by atoms with Crippen LogP contribution in [0.25, 0.3) is 10.3 Å². The normalized spacial score (nSPS) is 11.2. The molecule has 0 atom stereocenters. The number of halogens is 1. The van der Waals surface area contributed by atoms with Gasteiger partial charge in [0.25, 0.3) is 0 Å². The van der Waals surface area contributed by atoms with Gasteiger partial charge >= 0.3 is 0 Å². The molecule has 4 aromatic rings. The topological polar surface area (TPSA) is 66.0 Å². The van der Waals surface area contributed by atoms with E-state index < -0.39 is 0 Å². The number of benzene rings is 2. The van der Waals surface area contributed by atoms with Crippen LogP contribution < -0.4 is 10.6 Å². The summed E-state index contributed by atoms with van der Waals surface area (Å²) in [4.78, 5) is 15.4. The fourth-order valence-electron chi connectivity index (χ4n) is 2.99. The number of nitrogens with zero attached hydrogens (tertiary/aromatic N) is 4. The number of hydrogen-bond acceptors (Lipinski definition) is 7. The van der Waals surface area contributed by atoms with Gasteiger partial charge in [0.1, 0.15) is 16.8 Å². The highest BCUT2D eigenvalue weighted by Crippen LogP contribution is 2.32. The number of aromatic nitrogens is 3. The van der Waals surface area contributed by atoms with Gasteiger partial charge in [0.15, 0.2) is 16.6 Å². The minimum absolute atomic E-state index is 0.231. The fourth-order valence-corrected chi connectivity index (χ4v) is 3.87. The molecule has 8 heteroatoms. The Kier molecular flexibility index (Phi) is 5.87. The zero-order valence-corrected chi connectivity index (χ0v) is 17.9. The number of aryl methyl sites for hydroxylation is 1. The van der Waals surface area contributed by atoms with Crippen LogP contribution in [0.1, 0.15) is 11.1 Å². The van der Waals surface area contributed by atoms with Crippen molar-refractivity contribution in [3.63, 3.8) is 0 Å². The highest BCUT2D eigenvalue weighted by Gasteiger charge is 2.12. The van der Waals surface area contributed by atoms with Crippen molar-refractivity contribution >= 4 is 44.0 Å². The van der Waals surface area contributed by atoms with Gasteiger partial charge < -0.3 is 15.5 Å². The quantitative estimate of drug-likeness (QED) is 0.431. The molecule has 0 radical (unpaired) electrons. The highest BCUT2D eigenvalue weighted by molar-refractivity contribution is 7.22. The maximum absolute atomic E-state index is 13.5. The lowest BCUT2D eigenvalue weighted by atomic mass is 10.1. The molecule has 0 aliphatic rings. The van der Waals surface area contributed by atoms with Crippen molar-refractivity contribution in [1.82, 2.24) is 19.9 Å². The van der Waals surface area contributed by atoms with Gasteiger partial charge in [-0.05, 0) is 68.9 Å². The molecule has 0 unspecified atom stereocenters. The summed E-state index contributed by atoms with van der Waals surface area (Å²) in [5.74, 6) is 0.418. The van der Waals surface area contributed by atoms with Crippen molar-refractivity contribution in [2.24, 2.45) is 0 Å². The van der Waals surface area contributed by atoms with Crippen LogP contribution in [0.2, 0.25) is 0 Å². The molecule has 2 heterocycles. The summed E-state index contributed by atoms with van der Waals surface area (Å²) < 4.78 is 14.4. The van der Waals surface area contributed by atoms with E-state index in [0.717, 1.165) is 34.2 Å². The molecule has 2 aromatic heterocycles. The van der Waals surface area contributed by atoms with Crippen molar-refractivity contribution in [1.29, 1.82) is 0 Å². The fraction of sp³-hybridized carbons (Fsp3) is 0.227. The molecule has 30 heavy (non-hydrogen) atoms. The zero-order chi connectivity index (χ0) is 21.1. The van der Waals surface area contributed by atoms with E-state index in [4.69, 9.17) is 0 Å². The summed E-state index contributed by atoms with van der Waals surface area (Å²) in [6, 6.07) is 13.3. The van der Waals surface area contributed by atoms with Gasteiger partial charge in [-0.2, -0.15) is 4.98 Å². The Morgan fingerprint density at radius 2 is 1.77 bits per heavy atom. The Labute approximate surface area is 178 Å². The molecule has 2 aromatic carbocycles. The Bertz CT molecular complexity index is 1160. The van der Waals surface area contributed by atoms with Crippen molar-refractivity contribution in [2.75, 3.05) is 31.3 Å². The van der Waals surface area contributed by atoms with Crippen LogP contribution in [0.4, 0.5) is 26.7 Å². The first kappa shape index (κ1) is 20.2. The first-order valence-electron chi connectivity index (χ1n) is 9.63. The molecule has 4 rings (SSSR count). The van der Waals surface area contributed by atoms with Crippen LogP contribution in [-0.4, -0.2) is 40.5 Å². The Morgan fingerprint density at radius 3 is 2.50 bits per heavy atom. The average molecular weight is 423 g/mol. The predicted octanol–water partition coefficient (Wildman–Crippen LogP) is 5.13. The summed E-state index contributed by atoms with van der Waals surface area (Å²) in [6.07, 6.45) is 2.49. The van der Waals surface area contributed by atoms with Crippen LogP contribution in [0.15, 0.2) is 48.8 Å². The molecular weight excluding hydrogens is 399 g/mol. The van der Waals surface area contributed by atoms with E-state index >= 15 is 0 Å². The monoisotopic (exact) mass is 422 g/mol. The molecule has 0 amide bonds. The van der Waals surface area contributed by atoms with E-state index in [9.17, 15) is 4.39 Å². The molecule has 0 spiro atoms. The average Bonchev–Trinajstić information content (AvgIpc) is 3.14. The van der Waals surface area contributed by atoms with E-state index in [2.05, 4.69) is 68.8 Å². The summed E-state index contributed by atoms with van der Waals surface area (Å²) in [6.45, 7) is 2.75. The van der Waals surface area contributed by atoms with E-state index in [0.29, 0.717) is 17.0 Å². The lowest BCUT2D eigenvalue weighted by Crippen LogP contribution is -2.14. The third-order valence-electron chi connectivity index (χ3n) is 4.66. The van der Waals surface area contributed by atoms with Gasteiger partial charge in [-0.1, -0.05) is 23.5 Å². The molecule has 6 nitrogen and oxygen atoms in total. The van der Waals surface area contributed by atoms with Gasteiger partial charge in [-0.25, -0.2) is 14.4 Å². The SMILES string of the molecule is Cc1cc(Nc2ncnc3nc(Nc4ccc(CCN(C)C)cc4)sc23)ccc1F. The number of nitrogens with one attached hydrogen (secondary N) is 2. The lowest BCUT2D eigenvalue weighted by molar-refractivity contribution is 0.413. The third kappa shape index (κ3) is 4.72. The van der Waals surface area contributed by atoms with Gasteiger partial charge in [-0.15, -0.1) is 0 Å². The second-order valence-corrected chi connectivity index (χ2v) is 8.36. The van der Waals surface area contributed by atoms with Gasteiger partial charge in [0.05, 0.1) is 0 Å². The summed E-state index contributed by atoms with van der Waals surface area (Å²) in [5.41, 5.74) is 4.22. The van der Waals surface area contributed by atoms with Crippen LogP contribution in [0, 0.1) is 12.7 Å². The number of anilines is 4. The van der Waals surface area contributed by atoms with Crippen LogP contribution in [0.3, 0.4) is 0 Å². The smallest absolute Gasteiger partial charge is 0.189 e. The zero-order valence-electron chi connectivity index (χ0n) is 17.1. The van der Waals surface area contributed by atoms with E-state index in [1.54, 1.807) is 19.1 Å². The maximum atomic E-state index is 13.5. The highest BCUT2D eigenvalue weighted by atomic mass is 32.1.